The molecule has 7 atom stereocenters. The number of alkyl halides is 1. The zero-order valence-corrected chi connectivity index (χ0v) is 73.5. The van der Waals surface area contributed by atoms with E-state index in [1.54, 1.807) is 58.6 Å². The van der Waals surface area contributed by atoms with E-state index in [0.717, 1.165) is 77.6 Å². The van der Waals surface area contributed by atoms with E-state index in [-0.39, 0.29) is 88.9 Å². The summed E-state index contributed by atoms with van der Waals surface area (Å²) >= 11 is 25.7. The molecule has 4 aromatic heterocycles. The lowest BCUT2D eigenvalue weighted by atomic mass is 10.0. The van der Waals surface area contributed by atoms with E-state index >= 15 is 0 Å². The van der Waals surface area contributed by atoms with Crippen LogP contribution in [-0.4, -0.2) is 233 Å². The van der Waals surface area contributed by atoms with Gasteiger partial charge in [0.1, 0.15) is 49.0 Å². The molecule has 0 radical (unpaired) electrons. The Kier molecular flexibility index (Phi) is 41.3. The van der Waals surface area contributed by atoms with Crippen LogP contribution in [0.1, 0.15) is 104 Å². The molecule has 6 fully saturated rings. The molecule has 6 aliphatic heterocycles. The molecule has 6 aliphatic rings. The summed E-state index contributed by atoms with van der Waals surface area (Å²) in [5, 5.41) is 13.7. The van der Waals surface area contributed by atoms with E-state index in [1.807, 2.05) is 43.8 Å². The van der Waals surface area contributed by atoms with Crippen molar-refractivity contribution in [2.75, 3.05) is 130 Å². The maximum Gasteiger partial charge on any atom is 0.415 e. The fraction of sp³-hybridized carbons (Fsp3) is 0.500. The molecule has 4 N–H and O–H groups in total. The number of piperazine rings is 2. The second-order valence-electron chi connectivity index (χ2n) is 28.2. The number of benzene rings is 2. The molecule has 6 aromatic rings. The average Bonchev–Trinajstić information content (AvgIpc) is 1.63. The first-order valence-electron chi connectivity index (χ1n) is 37.0. The quantitative estimate of drug-likeness (QED) is 0.00717. The Hall–Kier alpha value is -7.62. The van der Waals surface area contributed by atoms with E-state index in [9.17, 15) is 28.8 Å². The highest BCUT2D eigenvalue weighted by Crippen LogP contribution is 2.31. The van der Waals surface area contributed by atoms with Crippen molar-refractivity contribution in [2.24, 2.45) is 23.7 Å². The van der Waals surface area contributed by atoms with Crippen molar-refractivity contribution in [2.45, 2.75) is 119 Å². The topological polar surface area (TPSA) is 353 Å². The fourth-order valence-corrected chi connectivity index (χ4v) is 12.5. The minimum atomic E-state index is -1.89. The second kappa shape index (κ2) is 49.4. The molecule has 0 bridgehead atoms. The van der Waals surface area contributed by atoms with Crippen molar-refractivity contribution >= 4 is 157 Å². The summed E-state index contributed by atoms with van der Waals surface area (Å²) in [7, 11) is 2.08. The van der Waals surface area contributed by atoms with Gasteiger partial charge in [-0.05, 0) is 139 Å². The summed E-state index contributed by atoms with van der Waals surface area (Å²) in [6.07, 6.45) is 11.5. The van der Waals surface area contributed by atoms with Gasteiger partial charge in [0.15, 0.2) is 0 Å². The molecule has 6 saturated heterocycles. The van der Waals surface area contributed by atoms with Crippen molar-refractivity contribution in [3.05, 3.63) is 160 Å². The van der Waals surface area contributed by atoms with Gasteiger partial charge in [-0.1, -0.05) is 144 Å². The number of carbonyl (C=O) groups excluding carboxylic acids is 6. The molecule has 31 nitrogen and oxygen atoms in total. The third-order valence-corrected chi connectivity index (χ3v) is 19.3. The summed E-state index contributed by atoms with van der Waals surface area (Å²) < 4.78 is 38.2. The molecule has 5 amide bonds. The van der Waals surface area contributed by atoms with Crippen LogP contribution in [0.5, 0.6) is 0 Å². The minimum absolute atomic E-state index is 0.00142. The number of ether oxygens (including phenoxy) is 4. The zero-order valence-electron chi connectivity index (χ0n) is 65.9. The predicted molar refractivity (Wildman–Crippen MR) is 455 cm³/mol. The van der Waals surface area contributed by atoms with Gasteiger partial charge in [-0.25, -0.2) is 49.1 Å². The summed E-state index contributed by atoms with van der Waals surface area (Å²) in [6, 6.07) is 24.1. The SMILES string of the molecule is CC(C)[C@H]1COC(=O)N1.CC(C)[C@H]1COC(=O)N1c1ccnc(Cl)n1.CC(C)[C@H]1COC(=O)N1c1ccnc(N[C@@H](C)c2ccc(CN3CCN(C(=O)/C=C/CN(C)C)CC3)cc2)n1.CC(C)[C@H]1COC(=O)N1c1ccnc(N[C@@H](C)c2ccc(CN3CCNCC3)cc2)n1.Clc1ccnc(Cl)n1.O=C(Cl)/C=C/CBr.O=S([O-])I. The zero-order chi connectivity index (χ0) is 83.6. The number of alkyl carbamates (subject to hydrolysis) is 1. The summed E-state index contributed by atoms with van der Waals surface area (Å²) in [5.74, 6) is 3.94. The Bertz CT molecular complexity index is 4080. The third-order valence-electron chi connectivity index (χ3n) is 18.2. The van der Waals surface area contributed by atoms with Gasteiger partial charge in [-0.2, -0.15) is 9.97 Å². The van der Waals surface area contributed by atoms with E-state index in [0.29, 0.717) is 78.1 Å². The first-order valence-corrected chi connectivity index (χ1v) is 43.3. The number of nitrogens with one attached hydrogen (secondary N) is 4. The number of likely N-dealkylation sites (N-methyl/N-ethyl adjacent to an activating group) is 1. The molecule has 1 unspecified atom stereocenters. The Balaban J connectivity index is 0.000000236. The van der Waals surface area contributed by atoms with Gasteiger partial charge in [0.25, 0.3) is 0 Å². The van der Waals surface area contributed by atoms with Gasteiger partial charge >= 0.3 is 24.4 Å². The number of hydrogen-bond donors (Lipinski definition) is 4. The van der Waals surface area contributed by atoms with Gasteiger partial charge in [0.2, 0.25) is 33.6 Å². The van der Waals surface area contributed by atoms with E-state index in [2.05, 4.69) is 196 Å². The Morgan fingerprint density at radius 1 is 0.579 bits per heavy atom. The normalized spacial score (nSPS) is 18.9. The third kappa shape index (κ3) is 32.8. The number of allylic oxidation sites excluding steroid dienone is 2. The van der Waals surface area contributed by atoms with E-state index in [4.69, 9.17) is 69.4 Å². The molecule has 12 rings (SSSR count). The standard InChI is InChI=1S/C29H41N7O3.C23H32N6O2.C10H12ClN3O2.C6H11NO2.C4H4BrClO.C4H2Cl2N2.HIO2S/c1-21(2)25-20-39-29(38)36(25)26-12-13-30-28(32-26)31-22(3)24-10-8-23(9-11-24)19-34-15-17-35(18-16-34)27(37)7-6-14-33(4)5;1-16(2)20-15-31-23(30)29(20)21-8-9-25-22(27-21)26-17(3)19-6-4-18(5-7-19)14-28-12-10-24-11-13-28;1-6(2)7-5-16-10(15)14(7)8-3-4-12-9(11)13-8;1-4(2)5-3-9-6(8)7-5;5-3-1-2-4(6)7;5-3-1-2-7-4(6)8-3;1-4(2)3/h6-13,21-22,25H,14-20H2,1-5H3,(H,30,31,32);4-9,16-17,20,24H,10-15H2,1-3H3,(H,25,26,27);3-4,6-7H,5H2,1-2H3;4-5H,3H2,1-2H3,(H,7,8);1-2H,3H2;1-2H;(H,2,3)/p-1/b7-6+;;;;2-1+;;/t22-,25+;17-,20+;7-;5-;;;/m0011.../s1. The summed E-state index contributed by atoms with van der Waals surface area (Å²) in [6.45, 7) is 32.4. The lowest BCUT2D eigenvalue weighted by Crippen LogP contribution is -2.47. The van der Waals surface area contributed by atoms with Crippen molar-refractivity contribution < 1.29 is 56.5 Å². The van der Waals surface area contributed by atoms with Crippen molar-refractivity contribution in [3.63, 3.8) is 0 Å². The minimum Gasteiger partial charge on any atom is -0.764 e. The highest BCUT2D eigenvalue weighted by molar-refractivity contribution is 14.2. The largest absolute Gasteiger partial charge is 0.764 e. The highest BCUT2D eigenvalue weighted by Gasteiger charge is 2.40. The molecule has 0 spiro atoms. The summed E-state index contributed by atoms with van der Waals surface area (Å²) in [5.41, 5.74) is 4.84. The second-order valence-corrected chi connectivity index (χ2v) is 32.9. The fourth-order valence-electron chi connectivity index (χ4n) is 11.7. The highest BCUT2D eigenvalue weighted by atomic mass is 127. The number of amides is 5. The lowest BCUT2D eigenvalue weighted by Gasteiger charge is -2.34. The van der Waals surface area contributed by atoms with Crippen LogP contribution in [0.3, 0.4) is 0 Å². The van der Waals surface area contributed by atoms with Crippen LogP contribution in [-0.2, 0) is 49.9 Å². The van der Waals surface area contributed by atoms with Gasteiger partial charge < -0.3 is 54.6 Å². The van der Waals surface area contributed by atoms with Crippen LogP contribution in [0.15, 0.2) is 122 Å². The predicted octanol–water partition coefficient (Wildman–Crippen LogP) is 13.0. The monoisotopic (exact) mass is 1850 g/mol. The number of nitrogens with zero attached hydrogens (tertiary/aromatic N) is 15. The van der Waals surface area contributed by atoms with E-state index < -0.39 is 13.5 Å². The van der Waals surface area contributed by atoms with Gasteiger partial charge in [0, 0.05) is 138 Å². The number of aromatic nitrogens is 8. The molecular formula is C76H102BrCl4IN19O12S-. The van der Waals surface area contributed by atoms with Crippen molar-refractivity contribution in [1.82, 2.24) is 70.1 Å². The number of rotatable bonds is 22. The number of carbonyl (C=O) groups is 6. The van der Waals surface area contributed by atoms with Crippen LogP contribution in [0, 0.1) is 23.7 Å². The first kappa shape index (κ1) is 95.2. The molecule has 622 valence electrons. The van der Waals surface area contributed by atoms with Gasteiger partial charge in [-0.3, -0.25) is 38.3 Å². The average molecular weight is 1850 g/mol. The molecule has 10 heterocycles. The lowest BCUT2D eigenvalue weighted by molar-refractivity contribution is -0.127. The molecule has 0 aliphatic carbocycles. The van der Waals surface area contributed by atoms with Crippen LogP contribution in [0.2, 0.25) is 15.7 Å². The molecule has 114 heavy (non-hydrogen) atoms. The molecular weight excluding hydrogens is 1750 g/mol. The van der Waals surface area contributed by atoms with Crippen LogP contribution in [0.4, 0.5) is 48.5 Å². The van der Waals surface area contributed by atoms with Crippen molar-refractivity contribution in [3.8, 4) is 0 Å². The molecule has 0 saturated carbocycles. The van der Waals surface area contributed by atoms with Crippen LogP contribution in [0.25, 0.3) is 0 Å². The van der Waals surface area contributed by atoms with Crippen molar-refractivity contribution in [1.29, 1.82) is 0 Å². The van der Waals surface area contributed by atoms with E-state index in [1.165, 1.54) is 61.3 Å². The number of halogens is 6. The molecule has 2 aromatic carbocycles. The van der Waals surface area contributed by atoms with Crippen LogP contribution < -0.4 is 36.0 Å². The van der Waals surface area contributed by atoms with Crippen LogP contribution >= 0.6 is 83.5 Å². The maximum atomic E-state index is 12.4. The number of cyclic esters (lactones) is 4. The number of anilines is 5. The Labute approximate surface area is 710 Å². The smallest absolute Gasteiger partial charge is 0.415 e. The molecule has 38 heteroatoms. The van der Waals surface area contributed by atoms with Gasteiger partial charge in [0.05, 0.1) is 36.3 Å². The Morgan fingerprint density at radius 3 is 1.33 bits per heavy atom. The Morgan fingerprint density at radius 2 is 0.991 bits per heavy atom. The number of hydrogen-bond acceptors (Lipinski definition) is 26. The maximum absolute atomic E-state index is 12.4. The summed E-state index contributed by atoms with van der Waals surface area (Å²) in [4.78, 5) is 115. The first-order chi connectivity index (χ1) is 54.3. The van der Waals surface area contributed by atoms with Gasteiger partial charge in [-0.15, -0.1) is 0 Å².